The van der Waals surface area contributed by atoms with Crippen LogP contribution in [0.2, 0.25) is 0 Å². The molecule has 1 aromatic heterocycles. The molecular formula is C25H26N4O3. The van der Waals surface area contributed by atoms with E-state index in [2.05, 4.69) is 10.4 Å². The van der Waals surface area contributed by atoms with Crippen LogP contribution in [0.3, 0.4) is 0 Å². The maximum atomic E-state index is 12.9. The normalized spacial score (nSPS) is 13.2. The number of aryl methyl sites for hydroxylation is 1. The van der Waals surface area contributed by atoms with Crippen LogP contribution in [0.4, 0.5) is 0 Å². The summed E-state index contributed by atoms with van der Waals surface area (Å²) in [4.78, 5) is 39.9. The van der Waals surface area contributed by atoms with E-state index in [1.165, 1.54) is 0 Å². The maximum absolute atomic E-state index is 12.9. The lowest BCUT2D eigenvalue weighted by molar-refractivity contribution is -0.117. The van der Waals surface area contributed by atoms with Crippen LogP contribution in [0.1, 0.15) is 50.5 Å². The minimum absolute atomic E-state index is 0.00586. The Morgan fingerprint density at radius 1 is 0.969 bits per heavy atom. The fraction of sp³-hybridized carbons (Fsp3) is 0.280. The number of rotatable bonds is 6. The first-order valence-corrected chi connectivity index (χ1v) is 10.8. The van der Waals surface area contributed by atoms with Gasteiger partial charge in [-0.2, -0.15) is 5.10 Å². The van der Waals surface area contributed by atoms with E-state index in [0.29, 0.717) is 22.5 Å². The predicted octanol–water partition coefficient (Wildman–Crippen LogP) is 3.22. The molecule has 7 heteroatoms. The zero-order valence-electron chi connectivity index (χ0n) is 18.3. The maximum Gasteiger partial charge on any atom is 0.292 e. The van der Waals surface area contributed by atoms with Crippen molar-refractivity contribution in [1.82, 2.24) is 20.0 Å². The number of hydrogen-bond donors (Lipinski definition) is 1. The van der Waals surface area contributed by atoms with Crippen LogP contribution in [0, 0.1) is 13.8 Å². The third kappa shape index (κ3) is 4.32. The molecule has 0 unspecified atom stereocenters. The van der Waals surface area contributed by atoms with Gasteiger partial charge in [-0.1, -0.05) is 30.3 Å². The number of carbonyl (C=O) groups excluding carboxylic acids is 3. The second kappa shape index (κ2) is 9.18. The molecule has 2 amide bonds. The molecular weight excluding hydrogens is 404 g/mol. The second-order valence-corrected chi connectivity index (χ2v) is 8.00. The lowest BCUT2D eigenvalue weighted by atomic mass is 10.1. The first-order chi connectivity index (χ1) is 15.5. The molecule has 2 aromatic carbocycles. The summed E-state index contributed by atoms with van der Waals surface area (Å²) in [5.74, 6) is -1.31. The Morgan fingerprint density at radius 3 is 2.41 bits per heavy atom. The molecule has 164 valence electrons. The van der Waals surface area contributed by atoms with Gasteiger partial charge in [0.15, 0.2) is 0 Å². The molecule has 32 heavy (non-hydrogen) atoms. The van der Waals surface area contributed by atoms with E-state index in [-0.39, 0.29) is 12.5 Å². The van der Waals surface area contributed by atoms with Crippen molar-refractivity contribution in [3.05, 3.63) is 82.7 Å². The number of hydrogen-bond acceptors (Lipinski definition) is 4. The zero-order chi connectivity index (χ0) is 22.7. The van der Waals surface area contributed by atoms with Gasteiger partial charge in [0.2, 0.25) is 0 Å². The number of benzene rings is 2. The molecule has 1 fully saturated rings. The first kappa shape index (κ1) is 21.5. The Kier molecular flexibility index (Phi) is 6.16. The molecule has 7 nitrogen and oxygen atoms in total. The van der Waals surface area contributed by atoms with Crippen molar-refractivity contribution in [1.29, 1.82) is 0 Å². The van der Waals surface area contributed by atoms with E-state index in [1.807, 2.05) is 41.3 Å². The Labute approximate surface area is 187 Å². The third-order valence-corrected chi connectivity index (χ3v) is 5.75. The number of nitrogens with one attached hydrogen (secondary N) is 1. The van der Waals surface area contributed by atoms with Gasteiger partial charge in [0.1, 0.15) is 0 Å². The van der Waals surface area contributed by atoms with Crippen LogP contribution in [-0.2, 0) is 11.3 Å². The fourth-order valence-electron chi connectivity index (χ4n) is 4.09. The summed E-state index contributed by atoms with van der Waals surface area (Å²) in [6.07, 6.45) is 2.06. The Bertz CT molecular complexity index is 1160. The van der Waals surface area contributed by atoms with Crippen molar-refractivity contribution in [2.45, 2.75) is 33.2 Å². The summed E-state index contributed by atoms with van der Waals surface area (Å²) >= 11 is 0. The third-order valence-electron chi connectivity index (χ3n) is 5.75. The highest BCUT2D eigenvalue weighted by Gasteiger charge is 2.25. The van der Waals surface area contributed by atoms with E-state index < -0.39 is 11.7 Å². The molecule has 4 rings (SSSR count). The summed E-state index contributed by atoms with van der Waals surface area (Å²) in [6, 6.07) is 16.7. The zero-order valence-corrected chi connectivity index (χ0v) is 18.3. The van der Waals surface area contributed by atoms with Gasteiger partial charge in [0.25, 0.3) is 17.6 Å². The van der Waals surface area contributed by atoms with Gasteiger partial charge in [0.05, 0.1) is 22.6 Å². The van der Waals surface area contributed by atoms with E-state index in [1.54, 1.807) is 36.7 Å². The molecule has 1 aliphatic rings. The van der Waals surface area contributed by atoms with Gasteiger partial charge in [-0.3, -0.25) is 14.4 Å². The molecule has 3 aromatic rings. The first-order valence-electron chi connectivity index (χ1n) is 10.8. The van der Waals surface area contributed by atoms with Crippen molar-refractivity contribution >= 4 is 17.6 Å². The van der Waals surface area contributed by atoms with Crippen LogP contribution in [0.25, 0.3) is 5.69 Å². The predicted molar refractivity (Wildman–Crippen MR) is 121 cm³/mol. The Hall–Kier alpha value is -3.74. The number of ketones is 1. The van der Waals surface area contributed by atoms with Crippen LogP contribution >= 0.6 is 0 Å². The summed E-state index contributed by atoms with van der Waals surface area (Å²) < 4.78 is 1.67. The van der Waals surface area contributed by atoms with Crippen molar-refractivity contribution in [3.63, 3.8) is 0 Å². The Morgan fingerprint density at radius 2 is 1.69 bits per heavy atom. The molecule has 1 saturated heterocycles. The molecule has 1 N–H and O–H groups in total. The minimum Gasteiger partial charge on any atom is -0.345 e. The topological polar surface area (TPSA) is 84.3 Å². The summed E-state index contributed by atoms with van der Waals surface area (Å²) in [5, 5.41) is 7.13. The number of amides is 2. The number of Topliss-reactive ketones (excluding diaryl/α,β-unsaturated/α-hetero) is 1. The standard InChI is InChI=1S/C25H26N4O3/c1-17-22(18(2)29(27-17)21-11-4-3-5-12-21)23(30)24(31)26-16-19-9-8-10-20(15-19)25(32)28-13-6-7-14-28/h3-5,8-12,15H,6-7,13-14,16H2,1-2H3,(H,26,31). The molecule has 0 saturated carbocycles. The number of carbonyl (C=O) groups is 3. The van der Waals surface area contributed by atoms with Gasteiger partial charge in [-0.05, 0) is 56.5 Å². The van der Waals surface area contributed by atoms with E-state index in [9.17, 15) is 14.4 Å². The summed E-state index contributed by atoms with van der Waals surface area (Å²) in [7, 11) is 0. The summed E-state index contributed by atoms with van der Waals surface area (Å²) in [5.41, 5.74) is 3.62. The number of aromatic nitrogens is 2. The molecule has 1 aliphatic heterocycles. The number of nitrogens with zero attached hydrogens (tertiary/aromatic N) is 3. The van der Waals surface area contributed by atoms with Crippen molar-refractivity contribution < 1.29 is 14.4 Å². The van der Waals surface area contributed by atoms with Gasteiger partial charge in [-0.25, -0.2) is 4.68 Å². The lowest BCUT2D eigenvalue weighted by Crippen LogP contribution is -2.31. The highest BCUT2D eigenvalue weighted by Crippen LogP contribution is 2.19. The minimum atomic E-state index is -0.694. The average Bonchev–Trinajstić information content (AvgIpc) is 3.45. The quantitative estimate of drug-likeness (QED) is 0.481. The molecule has 2 heterocycles. The van der Waals surface area contributed by atoms with Crippen molar-refractivity contribution in [2.24, 2.45) is 0 Å². The van der Waals surface area contributed by atoms with Crippen LogP contribution in [0.5, 0.6) is 0 Å². The fourth-order valence-corrected chi connectivity index (χ4v) is 4.09. The van der Waals surface area contributed by atoms with Crippen molar-refractivity contribution in [2.75, 3.05) is 13.1 Å². The monoisotopic (exact) mass is 430 g/mol. The lowest BCUT2D eigenvalue weighted by Gasteiger charge is -2.15. The van der Waals surface area contributed by atoms with Gasteiger partial charge in [0, 0.05) is 25.2 Å². The highest BCUT2D eigenvalue weighted by atomic mass is 16.2. The van der Waals surface area contributed by atoms with Crippen LogP contribution in [0.15, 0.2) is 54.6 Å². The largest absolute Gasteiger partial charge is 0.345 e. The van der Waals surface area contributed by atoms with Crippen LogP contribution < -0.4 is 5.32 Å². The Balaban J connectivity index is 1.45. The van der Waals surface area contributed by atoms with E-state index >= 15 is 0 Å². The van der Waals surface area contributed by atoms with Crippen molar-refractivity contribution in [3.8, 4) is 5.69 Å². The number of likely N-dealkylation sites (tertiary alicyclic amines) is 1. The van der Waals surface area contributed by atoms with Gasteiger partial charge in [-0.15, -0.1) is 0 Å². The molecule has 0 aliphatic carbocycles. The SMILES string of the molecule is Cc1nn(-c2ccccc2)c(C)c1C(=O)C(=O)NCc1cccc(C(=O)N2CCCC2)c1. The average molecular weight is 431 g/mol. The summed E-state index contributed by atoms with van der Waals surface area (Å²) in [6.45, 7) is 5.23. The van der Waals surface area contributed by atoms with Gasteiger partial charge < -0.3 is 10.2 Å². The molecule has 0 radical (unpaired) electrons. The number of para-hydroxylation sites is 1. The molecule has 0 spiro atoms. The van der Waals surface area contributed by atoms with E-state index in [0.717, 1.165) is 37.2 Å². The van der Waals surface area contributed by atoms with Gasteiger partial charge >= 0.3 is 0 Å². The smallest absolute Gasteiger partial charge is 0.292 e. The van der Waals surface area contributed by atoms with E-state index in [4.69, 9.17) is 0 Å². The molecule has 0 atom stereocenters. The van der Waals surface area contributed by atoms with Crippen LogP contribution in [-0.4, -0.2) is 45.4 Å². The second-order valence-electron chi connectivity index (χ2n) is 8.00. The molecule has 0 bridgehead atoms. The highest BCUT2D eigenvalue weighted by molar-refractivity contribution is 6.43.